The van der Waals surface area contributed by atoms with Crippen LogP contribution in [0.5, 0.6) is 5.88 Å². The normalized spacial score (nSPS) is 11.5. The van der Waals surface area contributed by atoms with Gasteiger partial charge < -0.3 is 10.1 Å². The van der Waals surface area contributed by atoms with Crippen LogP contribution in [0.4, 0.5) is 5.69 Å². The smallest absolute Gasteiger partial charge is 0.269 e. The summed E-state index contributed by atoms with van der Waals surface area (Å²) in [6, 6.07) is 10.7. The van der Waals surface area contributed by atoms with Crippen LogP contribution in [0.15, 0.2) is 51.1 Å². The third-order valence-electron chi connectivity index (χ3n) is 3.56. The molecule has 0 aliphatic rings. The Morgan fingerprint density at radius 3 is 2.71 bits per heavy atom. The molecule has 24 heavy (non-hydrogen) atoms. The van der Waals surface area contributed by atoms with Crippen molar-refractivity contribution in [1.82, 2.24) is 4.98 Å². The molecule has 3 rings (SSSR count). The van der Waals surface area contributed by atoms with E-state index >= 15 is 0 Å². The first kappa shape index (κ1) is 16.7. The van der Waals surface area contributed by atoms with Gasteiger partial charge in [-0.2, -0.15) is 0 Å². The standard InChI is InChI=1S/C17H13BrClN3O2/c1-9-6-12-14(8-13(9)18)20-17(24)16(12)22-21-15(23)7-10-2-4-11(19)5-3-10/h2-6,8,20,24H,7H2,1H3. The molecule has 0 aliphatic heterocycles. The summed E-state index contributed by atoms with van der Waals surface area (Å²) in [5.41, 5.74) is 2.76. The van der Waals surface area contributed by atoms with Crippen molar-refractivity contribution in [2.45, 2.75) is 13.3 Å². The van der Waals surface area contributed by atoms with Crippen LogP contribution in [-0.2, 0) is 11.2 Å². The molecule has 0 spiro atoms. The monoisotopic (exact) mass is 405 g/mol. The minimum atomic E-state index is -0.403. The van der Waals surface area contributed by atoms with E-state index < -0.39 is 5.91 Å². The van der Waals surface area contributed by atoms with E-state index in [2.05, 4.69) is 31.1 Å². The summed E-state index contributed by atoms with van der Waals surface area (Å²) in [5.74, 6) is -0.523. The Hall–Kier alpha value is -2.18. The fourth-order valence-corrected chi connectivity index (χ4v) is 2.78. The molecular weight excluding hydrogens is 394 g/mol. The van der Waals surface area contributed by atoms with Gasteiger partial charge in [0.1, 0.15) is 0 Å². The molecular formula is C17H13BrClN3O2. The quantitative estimate of drug-likeness (QED) is 0.567. The van der Waals surface area contributed by atoms with Crippen LogP contribution in [0.25, 0.3) is 10.9 Å². The summed E-state index contributed by atoms with van der Waals surface area (Å²) < 4.78 is 0.915. The van der Waals surface area contributed by atoms with Crippen LogP contribution >= 0.6 is 27.5 Å². The van der Waals surface area contributed by atoms with Gasteiger partial charge in [-0.05, 0) is 42.3 Å². The maximum absolute atomic E-state index is 12.0. The maximum Gasteiger partial charge on any atom is 0.269 e. The molecule has 7 heteroatoms. The number of aromatic nitrogens is 1. The number of aromatic amines is 1. The van der Waals surface area contributed by atoms with Crippen molar-refractivity contribution in [3.05, 3.63) is 57.0 Å². The first-order valence-corrected chi connectivity index (χ1v) is 8.31. The highest BCUT2D eigenvalue weighted by Gasteiger charge is 2.13. The van der Waals surface area contributed by atoms with E-state index in [1.807, 2.05) is 19.1 Å². The van der Waals surface area contributed by atoms with Gasteiger partial charge in [-0.15, -0.1) is 10.2 Å². The zero-order valence-corrected chi connectivity index (χ0v) is 15.0. The first-order chi connectivity index (χ1) is 11.4. The number of carbonyl (C=O) groups is 1. The van der Waals surface area contributed by atoms with Gasteiger partial charge in [0.25, 0.3) is 5.91 Å². The lowest BCUT2D eigenvalue weighted by Crippen LogP contribution is -1.97. The molecule has 0 atom stereocenters. The molecule has 3 aromatic rings. The van der Waals surface area contributed by atoms with Crippen molar-refractivity contribution in [3.63, 3.8) is 0 Å². The number of halogens is 2. The lowest BCUT2D eigenvalue weighted by Gasteiger charge is -1.98. The van der Waals surface area contributed by atoms with E-state index in [9.17, 15) is 9.90 Å². The predicted molar refractivity (Wildman–Crippen MR) is 97.1 cm³/mol. The van der Waals surface area contributed by atoms with Crippen LogP contribution in [0.2, 0.25) is 5.02 Å². The molecule has 0 saturated carbocycles. The van der Waals surface area contributed by atoms with E-state index in [4.69, 9.17) is 11.6 Å². The second-order valence-electron chi connectivity index (χ2n) is 5.37. The van der Waals surface area contributed by atoms with Gasteiger partial charge in [0, 0.05) is 14.9 Å². The van der Waals surface area contributed by atoms with Gasteiger partial charge in [0.15, 0.2) is 5.69 Å². The molecule has 122 valence electrons. The second-order valence-corrected chi connectivity index (χ2v) is 6.66. The molecule has 0 aliphatic carbocycles. The van der Waals surface area contributed by atoms with Gasteiger partial charge >= 0.3 is 0 Å². The Morgan fingerprint density at radius 2 is 2.00 bits per heavy atom. The Bertz CT molecular complexity index is 949. The number of benzene rings is 2. The topological polar surface area (TPSA) is 77.8 Å². The minimum Gasteiger partial charge on any atom is -0.493 e. The summed E-state index contributed by atoms with van der Waals surface area (Å²) in [4.78, 5) is 14.8. The zero-order valence-electron chi connectivity index (χ0n) is 12.7. The molecule has 1 heterocycles. The number of amides is 1. The largest absolute Gasteiger partial charge is 0.493 e. The number of rotatable bonds is 3. The third-order valence-corrected chi connectivity index (χ3v) is 4.67. The van der Waals surface area contributed by atoms with Gasteiger partial charge in [0.05, 0.1) is 11.9 Å². The number of nitrogens with zero attached hydrogens (tertiary/aromatic N) is 2. The summed E-state index contributed by atoms with van der Waals surface area (Å²) in [6.07, 6.45) is 0.119. The highest BCUT2D eigenvalue weighted by molar-refractivity contribution is 9.10. The van der Waals surface area contributed by atoms with Crippen molar-refractivity contribution in [1.29, 1.82) is 0 Å². The number of fused-ring (bicyclic) bond motifs is 1. The second kappa shape index (κ2) is 6.75. The number of azo groups is 1. The average molecular weight is 407 g/mol. The van der Waals surface area contributed by atoms with Crippen LogP contribution in [0.3, 0.4) is 0 Å². The maximum atomic E-state index is 12.0. The summed E-state index contributed by atoms with van der Waals surface area (Å²) in [6.45, 7) is 1.93. The number of aryl methyl sites for hydroxylation is 1. The van der Waals surface area contributed by atoms with E-state index in [0.717, 1.165) is 15.6 Å². The van der Waals surface area contributed by atoms with E-state index in [-0.39, 0.29) is 18.0 Å². The number of carbonyl (C=O) groups excluding carboxylic acids is 1. The van der Waals surface area contributed by atoms with Crippen LogP contribution < -0.4 is 0 Å². The summed E-state index contributed by atoms with van der Waals surface area (Å²) in [7, 11) is 0. The molecule has 0 radical (unpaired) electrons. The summed E-state index contributed by atoms with van der Waals surface area (Å²) >= 11 is 9.25. The van der Waals surface area contributed by atoms with E-state index in [0.29, 0.717) is 15.9 Å². The Labute approximate surface area is 151 Å². The Balaban J connectivity index is 1.84. The molecule has 2 aromatic carbocycles. The van der Waals surface area contributed by atoms with Crippen molar-refractivity contribution < 1.29 is 9.90 Å². The van der Waals surface area contributed by atoms with Crippen molar-refractivity contribution in [2.75, 3.05) is 0 Å². The zero-order chi connectivity index (χ0) is 17.3. The fraction of sp³-hybridized carbons (Fsp3) is 0.118. The molecule has 0 fully saturated rings. The molecule has 0 unspecified atom stereocenters. The highest BCUT2D eigenvalue weighted by Crippen LogP contribution is 2.37. The van der Waals surface area contributed by atoms with Crippen LogP contribution in [0, 0.1) is 6.92 Å². The third kappa shape index (κ3) is 3.49. The number of hydrogen-bond donors (Lipinski definition) is 2. The molecule has 0 saturated heterocycles. The lowest BCUT2D eigenvalue weighted by molar-refractivity contribution is -0.117. The van der Waals surface area contributed by atoms with Crippen molar-refractivity contribution >= 4 is 50.0 Å². The predicted octanol–water partition coefficient (Wildman–Crippen LogP) is 5.45. The Morgan fingerprint density at radius 1 is 1.29 bits per heavy atom. The molecule has 2 N–H and O–H groups in total. The molecule has 5 nitrogen and oxygen atoms in total. The summed E-state index contributed by atoms with van der Waals surface area (Å²) in [5, 5.41) is 19.0. The van der Waals surface area contributed by atoms with Gasteiger partial charge in [0.2, 0.25) is 5.88 Å². The SMILES string of the molecule is Cc1cc2c(N=NC(=O)Cc3ccc(Cl)cc3)c(O)[nH]c2cc1Br. The van der Waals surface area contributed by atoms with E-state index in [1.165, 1.54) is 0 Å². The van der Waals surface area contributed by atoms with Crippen LogP contribution in [0.1, 0.15) is 11.1 Å². The van der Waals surface area contributed by atoms with Gasteiger partial charge in [-0.1, -0.05) is 39.7 Å². The Kier molecular flexibility index (Phi) is 4.69. The first-order valence-electron chi connectivity index (χ1n) is 7.14. The molecule has 1 aromatic heterocycles. The fourth-order valence-electron chi connectivity index (χ4n) is 2.31. The average Bonchev–Trinajstić information content (AvgIpc) is 2.83. The number of nitrogens with one attached hydrogen (secondary N) is 1. The molecule has 0 bridgehead atoms. The van der Waals surface area contributed by atoms with Gasteiger partial charge in [-0.3, -0.25) is 4.79 Å². The van der Waals surface area contributed by atoms with Crippen molar-refractivity contribution in [2.24, 2.45) is 10.2 Å². The highest BCUT2D eigenvalue weighted by atomic mass is 79.9. The van der Waals surface area contributed by atoms with E-state index in [1.54, 1.807) is 24.3 Å². The lowest BCUT2D eigenvalue weighted by atomic mass is 10.1. The number of hydrogen-bond acceptors (Lipinski definition) is 3. The number of H-pyrrole nitrogens is 1. The number of aromatic hydroxyl groups is 1. The van der Waals surface area contributed by atoms with Crippen LogP contribution in [-0.4, -0.2) is 16.0 Å². The minimum absolute atomic E-state index is 0.119. The van der Waals surface area contributed by atoms with Gasteiger partial charge in [-0.25, -0.2) is 0 Å². The molecule has 1 amide bonds. The van der Waals surface area contributed by atoms with Crippen molar-refractivity contribution in [3.8, 4) is 5.88 Å².